The standard InChI is InChI=1S/C15H16N2O2/c1-17-8-7-16-15(17)13(18)10-14-12-5-3-2-4-11(12)6-9-19-14/h2-5,7-8,14H,6,9-10H2,1H3. The quantitative estimate of drug-likeness (QED) is 0.791. The Labute approximate surface area is 112 Å². The van der Waals surface area contributed by atoms with E-state index >= 15 is 0 Å². The molecule has 1 aromatic carbocycles. The fraction of sp³-hybridized carbons (Fsp3) is 0.333. The SMILES string of the molecule is Cn1ccnc1C(=O)CC1OCCc2ccccc21. The van der Waals surface area contributed by atoms with Gasteiger partial charge in [0.15, 0.2) is 5.82 Å². The maximum atomic E-state index is 12.2. The van der Waals surface area contributed by atoms with E-state index in [2.05, 4.69) is 11.1 Å². The predicted octanol–water partition coefficient (Wildman–Crippen LogP) is 2.31. The maximum Gasteiger partial charge on any atom is 0.201 e. The summed E-state index contributed by atoms with van der Waals surface area (Å²) in [5, 5.41) is 0. The Kier molecular flexibility index (Phi) is 3.17. The summed E-state index contributed by atoms with van der Waals surface area (Å²) in [5.41, 5.74) is 2.42. The lowest BCUT2D eigenvalue weighted by molar-refractivity contribution is 0.0347. The lowest BCUT2D eigenvalue weighted by Crippen LogP contribution is -2.20. The first-order chi connectivity index (χ1) is 9.25. The highest BCUT2D eigenvalue weighted by Crippen LogP contribution is 2.30. The molecule has 0 fully saturated rings. The molecule has 1 aliphatic heterocycles. The molecule has 1 unspecified atom stereocenters. The van der Waals surface area contributed by atoms with Crippen molar-refractivity contribution in [2.24, 2.45) is 7.05 Å². The molecule has 0 aliphatic carbocycles. The minimum atomic E-state index is -0.144. The molecule has 4 heteroatoms. The third-order valence-electron chi connectivity index (χ3n) is 3.53. The molecule has 0 amide bonds. The van der Waals surface area contributed by atoms with Crippen LogP contribution in [0.15, 0.2) is 36.7 Å². The van der Waals surface area contributed by atoms with E-state index in [0.29, 0.717) is 18.9 Å². The molecule has 0 spiro atoms. The van der Waals surface area contributed by atoms with Gasteiger partial charge in [-0.05, 0) is 17.5 Å². The highest BCUT2D eigenvalue weighted by atomic mass is 16.5. The molecule has 3 rings (SSSR count). The van der Waals surface area contributed by atoms with E-state index in [1.54, 1.807) is 17.0 Å². The van der Waals surface area contributed by atoms with E-state index in [1.165, 1.54) is 5.56 Å². The Bertz CT molecular complexity index is 604. The Morgan fingerprint density at radius 2 is 2.32 bits per heavy atom. The molecule has 2 heterocycles. The molecule has 0 saturated carbocycles. The highest BCUT2D eigenvalue weighted by molar-refractivity contribution is 5.93. The van der Waals surface area contributed by atoms with Crippen LogP contribution in [0, 0.1) is 0 Å². The number of ketones is 1. The number of hydrogen-bond acceptors (Lipinski definition) is 3. The van der Waals surface area contributed by atoms with Gasteiger partial charge in [-0.25, -0.2) is 4.98 Å². The van der Waals surface area contributed by atoms with Gasteiger partial charge in [0.25, 0.3) is 0 Å². The van der Waals surface area contributed by atoms with Crippen LogP contribution in [0.2, 0.25) is 0 Å². The second kappa shape index (κ2) is 4.97. The summed E-state index contributed by atoms with van der Waals surface area (Å²) in [6.45, 7) is 0.676. The van der Waals surface area contributed by atoms with Gasteiger partial charge in [0.05, 0.1) is 12.7 Å². The summed E-state index contributed by atoms with van der Waals surface area (Å²) in [7, 11) is 1.83. The number of nitrogens with zero attached hydrogens (tertiary/aromatic N) is 2. The number of Topliss-reactive ketones (excluding diaryl/α,β-unsaturated/α-hetero) is 1. The number of imidazole rings is 1. The lowest BCUT2D eigenvalue weighted by Gasteiger charge is -2.25. The number of carbonyl (C=O) groups excluding carboxylic acids is 1. The molecule has 2 aromatic rings. The van der Waals surface area contributed by atoms with Crippen molar-refractivity contribution in [2.75, 3.05) is 6.61 Å². The van der Waals surface area contributed by atoms with Gasteiger partial charge in [0.2, 0.25) is 5.78 Å². The van der Waals surface area contributed by atoms with Crippen LogP contribution in [0.4, 0.5) is 0 Å². The zero-order valence-corrected chi connectivity index (χ0v) is 10.9. The van der Waals surface area contributed by atoms with Gasteiger partial charge in [-0.3, -0.25) is 4.79 Å². The summed E-state index contributed by atoms with van der Waals surface area (Å²) in [4.78, 5) is 16.3. The average Bonchev–Trinajstić information content (AvgIpc) is 2.85. The van der Waals surface area contributed by atoms with E-state index in [1.807, 2.05) is 25.2 Å². The van der Waals surface area contributed by atoms with E-state index in [-0.39, 0.29) is 11.9 Å². The fourth-order valence-electron chi connectivity index (χ4n) is 2.54. The van der Waals surface area contributed by atoms with E-state index in [9.17, 15) is 4.79 Å². The molecule has 19 heavy (non-hydrogen) atoms. The lowest BCUT2D eigenvalue weighted by atomic mass is 9.94. The van der Waals surface area contributed by atoms with Crippen molar-refractivity contribution in [3.8, 4) is 0 Å². The molecule has 1 atom stereocenters. The minimum absolute atomic E-state index is 0.0224. The molecule has 0 bridgehead atoms. The van der Waals surface area contributed by atoms with Gasteiger partial charge in [-0.1, -0.05) is 24.3 Å². The molecule has 98 valence electrons. The number of aryl methyl sites for hydroxylation is 1. The zero-order chi connectivity index (χ0) is 13.2. The summed E-state index contributed by atoms with van der Waals surface area (Å²) in [6, 6.07) is 8.18. The molecule has 0 saturated heterocycles. The number of fused-ring (bicyclic) bond motifs is 1. The normalized spacial score (nSPS) is 18.1. The first-order valence-corrected chi connectivity index (χ1v) is 6.45. The minimum Gasteiger partial charge on any atom is -0.373 e. The second-order valence-electron chi connectivity index (χ2n) is 4.80. The van der Waals surface area contributed by atoms with Crippen LogP contribution in [0.1, 0.15) is 34.3 Å². The maximum absolute atomic E-state index is 12.2. The zero-order valence-electron chi connectivity index (χ0n) is 10.9. The first-order valence-electron chi connectivity index (χ1n) is 6.45. The summed E-state index contributed by atoms with van der Waals surface area (Å²) in [5.74, 6) is 0.515. The molecule has 1 aliphatic rings. The number of aromatic nitrogens is 2. The highest BCUT2D eigenvalue weighted by Gasteiger charge is 2.24. The topological polar surface area (TPSA) is 44.1 Å². The van der Waals surface area contributed by atoms with Crippen molar-refractivity contribution in [3.05, 3.63) is 53.6 Å². The van der Waals surface area contributed by atoms with Crippen LogP contribution < -0.4 is 0 Å². The number of rotatable bonds is 3. The van der Waals surface area contributed by atoms with Gasteiger partial charge < -0.3 is 9.30 Å². The molecular formula is C15H16N2O2. The number of carbonyl (C=O) groups is 1. The third kappa shape index (κ3) is 2.31. The van der Waals surface area contributed by atoms with Crippen LogP contribution >= 0.6 is 0 Å². The molecule has 1 aromatic heterocycles. The van der Waals surface area contributed by atoms with Crippen LogP contribution in [-0.4, -0.2) is 21.9 Å². The Morgan fingerprint density at radius 3 is 3.11 bits per heavy atom. The molecule has 0 N–H and O–H groups in total. The Morgan fingerprint density at radius 1 is 1.47 bits per heavy atom. The van der Waals surface area contributed by atoms with E-state index < -0.39 is 0 Å². The molecule has 0 radical (unpaired) electrons. The van der Waals surface area contributed by atoms with Crippen molar-refractivity contribution in [1.82, 2.24) is 9.55 Å². The Hall–Kier alpha value is -1.94. The van der Waals surface area contributed by atoms with E-state index in [4.69, 9.17) is 4.74 Å². The van der Waals surface area contributed by atoms with Crippen molar-refractivity contribution < 1.29 is 9.53 Å². The van der Waals surface area contributed by atoms with Crippen LogP contribution in [0.3, 0.4) is 0 Å². The Balaban J connectivity index is 1.82. The van der Waals surface area contributed by atoms with Crippen molar-refractivity contribution in [3.63, 3.8) is 0 Å². The summed E-state index contributed by atoms with van der Waals surface area (Å²) < 4.78 is 7.50. The van der Waals surface area contributed by atoms with Gasteiger partial charge in [-0.2, -0.15) is 0 Å². The van der Waals surface area contributed by atoms with E-state index in [0.717, 1.165) is 12.0 Å². The largest absolute Gasteiger partial charge is 0.373 e. The van der Waals surface area contributed by atoms with Crippen LogP contribution in [-0.2, 0) is 18.2 Å². The smallest absolute Gasteiger partial charge is 0.201 e. The number of hydrogen-bond donors (Lipinski definition) is 0. The molecular weight excluding hydrogens is 240 g/mol. The van der Waals surface area contributed by atoms with Gasteiger partial charge in [-0.15, -0.1) is 0 Å². The van der Waals surface area contributed by atoms with Gasteiger partial charge in [0.1, 0.15) is 0 Å². The fourth-order valence-corrected chi connectivity index (χ4v) is 2.54. The monoisotopic (exact) mass is 256 g/mol. The number of ether oxygens (including phenoxy) is 1. The predicted molar refractivity (Wildman–Crippen MR) is 71.0 cm³/mol. The van der Waals surface area contributed by atoms with Gasteiger partial charge in [0, 0.05) is 25.9 Å². The van der Waals surface area contributed by atoms with Crippen LogP contribution in [0.5, 0.6) is 0 Å². The number of benzene rings is 1. The van der Waals surface area contributed by atoms with Crippen molar-refractivity contribution >= 4 is 5.78 Å². The molecule has 4 nitrogen and oxygen atoms in total. The van der Waals surface area contributed by atoms with Crippen LogP contribution in [0.25, 0.3) is 0 Å². The summed E-state index contributed by atoms with van der Waals surface area (Å²) in [6.07, 6.45) is 4.55. The average molecular weight is 256 g/mol. The van der Waals surface area contributed by atoms with Crippen molar-refractivity contribution in [1.29, 1.82) is 0 Å². The third-order valence-corrected chi connectivity index (χ3v) is 3.53. The summed E-state index contributed by atoms with van der Waals surface area (Å²) >= 11 is 0. The second-order valence-corrected chi connectivity index (χ2v) is 4.80. The van der Waals surface area contributed by atoms with Crippen molar-refractivity contribution in [2.45, 2.75) is 18.9 Å². The first kappa shape index (κ1) is 12.1. The van der Waals surface area contributed by atoms with Gasteiger partial charge >= 0.3 is 0 Å².